The Morgan fingerprint density at radius 1 is 1.24 bits per heavy atom. The number of rotatable bonds is 10. The van der Waals surface area contributed by atoms with Crippen molar-refractivity contribution in [2.45, 2.75) is 45.4 Å². The first kappa shape index (κ1) is 17.1. The van der Waals surface area contributed by atoms with Gasteiger partial charge in [0.25, 0.3) is 0 Å². The van der Waals surface area contributed by atoms with E-state index in [0.29, 0.717) is 12.8 Å². The highest BCUT2D eigenvalue weighted by atomic mass is 16.1. The van der Waals surface area contributed by atoms with Crippen LogP contribution >= 0.6 is 0 Å². The standard InChI is InChI=1S/C19H24O2/c1-4-15(3)8-6-7-9-19(21)18-14-16(12-13-20)10-11-17(18)5-2/h4,10-11,13-14H,1,3,5-9,12H2,2H3. The molecule has 2 heteroatoms. The Kier molecular flexibility index (Phi) is 7.38. The van der Waals surface area contributed by atoms with E-state index in [4.69, 9.17) is 0 Å². The summed E-state index contributed by atoms with van der Waals surface area (Å²) < 4.78 is 0. The lowest BCUT2D eigenvalue weighted by atomic mass is 9.95. The number of unbranched alkanes of at least 4 members (excludes halogenated alkanes) is 1. The van der Waals surface area contributed by atoms with Gasteiger partial charge in [0.15, 0.2) is 5.78 Å². The zero-order chi connectivity index (χ0) is 15.7. The van der Waals surface area contributed by atoms with Gasteiger partial charge in [-0.2, -0.15) is 0 Å². The molecule has 0 heterocycles. The lowest BCUT2D eigenvalue weighted by Gasteiger charge is -2.09. The third kappa shape index (κ3) is 5.50. The highest BCUT2D eigenvalue weighted by Gasteiger charge is 2.11. The lowest BCUT2D eigenvalue weighted by Crippen LogP contribution is -2.05. The van der Waals surface area contributed by atoms with Gasteiger partial charge in [-0.25, -0.2) is 0 Å². The molecular formula is C19H24O2. The lowest BCUT2D eigenvalue weighted by molar-refractivity contribution is -0.107. The Labute approximate surface area is 127 Å². The Bertz CT molecular complexity index is 526. The van der Waals surface area contributed by atoms with Gasteiger partial charge in [-0.1, -0.05) is 43.9 Å². The Morgan fingerprint density at radius 2 is 1.95 bits per heavy atom. The minimum Gasteiger partial charge on any atom is -0.303 e. The first-order chi connectivity index (χ1) is 10.1. The van der Waals surface area contributed by atoms with Crippen LogP contribution in [0.4, 0.5) is 0 Å². The molecule has 0 unspecified atom stereocenters. The Morgan fingerprint density at radius 3 is 2.57 bits per heavy atom. The molecule has 0 spiro atoms. The summed E-state index contributed by atoms with van der Waals surface area (Å²) in [5, 5.41) is 0. The second-order valence-electron chi connectivity index (χ2n) is 5.21. The van der Waals surface area contributed by atoms with Gasteiger partial charge in [-0.3, -0.25) is 4.79 Å². The van der Waals surface area contributed by atoms with E-state index in [2.05, 4.69) is 13.2 Å². The molecule has 1 rings (SSSR count). The van der Waals surface area contributed by atoms with E-state index < -0.39 is 0 Å². The van der Waals surface area contributed by atoms with Crippen molar-refractivity contribution in [2.75, 3.05) is 0 Å². The Hall–Kier alpha value is -1.96. The van der Waals surface area contributed by atoms with Crippen molar-refractivity contribution >= 4 is 12.1 Å². The Balaban J connectivity index is 2.67. The van der Waals surface area contributed by atoms with E-state index in [0.717, 1.165) is 54.2 Å². The fourth-order valence-electron chi connectivity index (χ4n) is 2.29. The predicted molar refractivity (Wildman–Crippen MR) is 87.7 cm³/mol. The van der Waals surface area contributed by atoms with Gasteiger partial charge in [-0.05, 0) is 42.9 Å². The molecule has 2 nitrogen and oxygen atoms in total. The molecule has 0 aromatic heterocycles. The molecule has 0 atom stereocenters. The van der Waals surface area contributed by atoms with Crippen molar-refractivity contribution in [1.29, 1.82) is 0 Å². The summed E-state index contributed by atoms with van der Waals surface area (Å²) in [6.07, 6.45) is 7.07. The molecule has 0 fully saturated rings. The third-order valence-electron chi connectivity index (χ3n) is 3.62. The quantitative estimate of drug-likeness (QED) is 0.275. The van der Waals surface area contributed by atoms with Crippen LogP contribution in [0.5, 0.6) is 0 Å². The van der Waals surface area contributed by atoms with Crippen LogP contribution in [0.25, 0.3) is 0 Å². The van der Waals surface area contributed by atoms with Crippen LogP contribution in [0.3, 0.4) is 0 Å². The average Bonchev–Trinajstić information content (AvgIpc) is 2.51. The van der Waals surface area contributed by atoms with Crippen LogP contribution in [0.1, 0.15) is 54.1 Å². The number of hydrogen-bond donors (Lipinski definition) is 0. The van der Waals surface area contributed by atoms with Crippen molar-refractivity contribution < 1.29 is 9.59 Å². The summed E-state index contributed by atoms with van der Waals surface area (Å²) in [5.41, 5.74) is 3.76. The molecule has 1 aromatic carbocycles. The zero-order valence-electron chi connectivity index (χ0n) is 12.9. The van der Waals surface area contributed by atoms with Gasteiger partial charge >= 0.3 is 0 Å². The first-order valence-corrected chi connectivity index (χ1v) is 7.51. The summed E-state index contributed by atoms with van der Waals surface area (Å²) in [4.78, 5) is 23.0. The highest BCUT2D eigenvalue weighted by Crippen LogP contribution is 2.17. The number of benzene rings is 1. The molecule has 1 aromatic rings. The van der Waals surface area contributed by atoms with Gasteiger partial charge in [0.1, 0.15) is 6.29 Å². The smallest absolute Gasteiger partial charge is 0.163 e. The van der Waals surface area contributed by atoms with Crippen molar-refractivity contribution in [3.05, 3.63) is 59.7 Å². The maximum absolute atomic E-state index is 12.4. The van der Waals surface area contributed by atoms with Gasteiger partial charge in [0.05, 0.1) is 0 Å². The molecule has 21 heavy (non-hydrogen) atoms. The number of carbonyl (C=O) groups excluding carboxylic acids is 2. The van der Waals surface area contributed by atoms with Gasteiger partial charge < -0.3 is 4.79 Å². The molecule has 0 aliphatic heterocycles. The maximum Gasteiger partial charge on any atom is 0.163 e. The number of hydrogen-bond acceptors (Lipinski definition) is 2. The third-order valence-corrected chi connectivity index (χ3v) is 3.62. The summed E-state index contributed by atoms with van der Waals surface area (Å²) in [5.74, 6) is 0.170. The minimum atomic E-state index is 0.170. The average molecular weight is 284 g/mol. The number of allylic oxidation sites excluding steroid dienone is 2. The van der Waals surface area contributed by atoms with Gasteiger partial charge in [0.2, 0.25) is 0 Å². The van der Waals surface area contributed by atoms with Crippen molar-refractivity contribution in [3.8, 4) is 0 Å². The number of aryl methyl sites for hydroxylation is 1. The largest absolute Gasteiger partial charge is 0.303 e. The SMILES string of the molecule is C=CC(=C)CCCCC(=O)c1cc(CC=O)ccc1CC. The van der Waals surface area contributed by atoms with E-state index in [1.54, 1.807) is 6.08 Å². The highest BCUT2D eigenvalue weighted by molar-refractivity contribution is 5.97. The van der Waals surface area contributed by atoms with Crippen molar-refractivity contribution in [2.24, 2.45) is 0 Å². The number of ketones is 1. The fourth-order valence-corrected chi connectivity index (χ4v) is 2.29. The summed E-state index contributed by atoms with van der Waals surface area (Å²) in [6.45, 7) is 9.59. The molecule has 0 saturated heterocycles. The van der Waals surface area contributed by atoms with Crippen LogP contribution in [0.15, 0.2) is 43.0 Å². The predicted octanol–water partition coefficient (Wildman–Crippen LogP) is 4.48. The van der Waals surface area contributed by atoms with Crippen LogP contribution in [0, 0.1) is 0 Å². The van der Waals surface area contributed by atoms with E-state index in [-0.39, 0.29) is 5.78 Å². The summed E-state index contributed by atoms with van der Waals surface area (Å²) in [6, 6.07) is 5.77. The van der Waals surface area contributed by atoms with Gasteiger partial charge in [0, 0.05) is 18.4 Å². The molecule has 0 saturated carbocycles. The van der Waals surface area contributed by atoms with E-state index in [9.17, 15) is 9.59 Å². The van der Waals surface area contributed by atoms with Crippen LogP contribution < -0.4 is 0 Å². The molecule has 0 aliphatic carbocycles. The summed E-state index contributed by atoms with van der Waals surface area (Å²) >= 11 is 0. The van der Waals surface area contributed by atoms with Crippen molar-refractivity contribution in [1.82, 2.24) is 0 Å². The molecular weight excluding hydrogens is 260 g/mol. The maximum atomic E-state index is 12.4. The molecule has 0 bridgehead atoms. The zero-order valence-corrected chi connectivity index (χ0v) is 12.9. The molecule has 0 radical (unpaired) electrons. The van der Waals surface area contributed by atoms with Gasteiger partial charge in [-0.15, -0.1) is 0 Å². The van der Waals surface area contributed by atoms with E-state index >= 15 is 0 Å². The second kappa shape index (κ2) is 9.06. The topological polar surface area (TPSA) is 34.1 Å². The molecule has 0 N–H and O–H groups in total. The van der Waals surface area contributed by atoms with Crippen molar-refractivity contribution in [3.63, 3.8) is 0 Å². The monoisotopic (exact) mass is 284 g/mol. The number of Topliss-reactive ketones (excluding diaryl/α,β-unsaturated/α-hetero) is 1. The number of aldehydes is 1. The molecule has 112 valence electrons. The molecule has 0 amide bonds. The van der Waals surface area contributed by atoms with E-state index in [1.807, 2.05) is 25.1 Å². The number of carbonyl (C=O) groups is 2. The minimum absolute atomic E-state index is 0.170. The van der Waals surface area contributed by atoms with E-state index in [1.165, 1.54) is 0 Å². The summed E-state index contributed by atoms with van der Waals surface area (Å²) in [7, 11) is 0. The van der Waals surface area contributed by atoms with Crippen LogP contribution in [-0.4, -0.2) is 12.1 Å². The fraction of sp³-hybridized carbons (Fsp3) is 0.368. The molecule has 0 aliphatic rings. The normalized spacial score (nSPS) is 10.1. The van der Waals surface area contributed by atoms with Crippen LogP contribution in [0.2, 0.25) is 0 Å². The van der Waals surface area contributed by atoms with Crippen LogP contribution in [-0.2, 0) is 17.6 Å². The first-order valence-electron chi connectivity index (χ1n) is 7.51. The second-order valence-corrected chi connectivity index (χ2v) is 5.21.